The second-order valence-corrected chi connectivity index (χ2v) is 6.67. The molecule has 0 aliphatic carbocycles. The van der Waals surface area contributed by atoms with Crippen LogP contribution < -0.4 is 15.1 Å². The van der Waals surface area contributed by atoms with Crippen LogP contribution in [0.3, 0.4) is 0 Å². The summed E-state index contributed by atoms with van der Waals surface area (Å²) in [6, 6.07) is 14.4. The van der Waals surface area contributed by atoms with E-state index in [9.17, 15) is 4.79 Å². The molecule has 0 bridgehead atoms. The van der Waals surface area contributed by atoms with Gasteiger partial charge in [-0.25, -0.2) is 4.98 Å². The van der Waals surface area contributed by atoms with E-state index in [-0.39, 0.29) is 11.9 Å². The number of para-hydroxylation sites is 1. The number of carbonyl (C=O) groups excluding carboxylic acids is 1. The van der Waals surface area contributed by atoms with Gasteiger partial charge >= 0.3 is 0 Å². The Morgan fingerprint density at radius 2 is 1.96 bits per heavy atom. The molecule has 1 atom stereocenters. The van der Waals surface area contributed by atoms with Gasteiger partial charge in [-0.3, -0.25) is 4.79 Å². The Hall–Kier alpha value is -2.56. The summed E-state index contributed by atoms with van der Waals surface area (Å²) in [7, 11) is 0. The number of hydrogen-bond acceptors (Lipinski definition) is 4. The van der Waals surface area contributed by atoms with E-state index < -0.39 is 0 Å². The van der Waals surface area contributed by atoms with Crippen molar-refractivity contribution >= 4 is 17.4 Å². The van der Waals surface area contributed by atoms with E-state index in [0.29, 0.717) is 5.56 Å². The lowest BCUT2D eigenvalue weighted by Gasteiger charge is -2.34. The molecule has 5 nitrogen and oxygen atoms in total. The van der Waals surface area contributed by atoms with Gasteiger partial charge in [0.1, 0.15) is 5.82 Å². The SMILES string of the molecule is CCN(CC)c1ccc(C(=O)NC2CCCN(c3ccccc3)C2)cn1. The number of rotatable bonds is 6. The van der Waals surface area contributed by atoms with E-state index >= 15 is 0 Å². The number of carbonyl (C=O) groups is 1. The first kappa shape index (κ1) is 18.2. The summed E-state index contributed by atoms with van der Waals surface area (Å²) in [6.07, 6.45) is 3.78. The number of aromatic nitrogens is 1. The molecule has 138 valence electrons. The van der Waals surface area contributed by atoms with Gasteiger partial charge < -0.3 is 15.1 Å². The van der Waals surface area contributed by atoms with E-state index in [1.54, 1.807) is 6.20 Å². The number of pyridine rings is 1. The lowest BCUT2D eigenvalue weighted by molar-refractivity contribution is 0.0933. The highest BCUT2D eigenvalue weighted by atomic mass is 16.1. The Kier molecular flexibility index (Phi) is 6.10. The molecule has 1 N–H and O–H groups in total. The average Bonchev–Trinajstić information content (AvgIpc) is 2.70. The standard InChI is InChI=1S/C21H28N4O/c1-3-24(4-2)20-13-12-17(15-22-20)21(26)23-18-9-8-14-25(16-18)19-10-6-5-7-11-19/h5-7,10-13,15,18H,3-4,8-9,14,16H2,1-2H3,(H,23,26). The van der Waals surface area contributed by atoms with Crippen molar-refractivity contribution in [2.75, 3.05) is 36.0 Å². The van der Waals surface area contributed by atoms with Crippen LogP contribution in [0.15, 0.2) is 48.7 Å². The van der Waals surface area contributed by atoms with E-state index in [2.05, 4.69) is 58.2 Å². The molecular formula is C21H28N4O. The molecule has 0 saturated carbocycles. The Bertz CT molecular complexity index is 698. The minimum atomic E-state index is -0.0384. The Morgan fingerprint density at radius 3 is 2.62 bits per heavy atom. The molecule has 1 amide bonds. The average molecular weight is 352 g/mol. The Balaban J connectivity index is 1.60. The molecule has 0 radical (unpaired) electrons. The normalized spacial score (nSPS) is 17.0. The third-order valence-corrected chi connectivity index (χ3v) is 4.98. The van der Waals surface area contributed by atoms with Gasteiger partial charge in [0, 0.05) is 44.1 Å². The van der Waals surface area contributed by atoms with Crippen molar-refractivity contribution < 1.29 is 4.79 Å². The maximum absolute atomic E-state index is 12.6. The Morgan fingerprint density at radius 1 is 1.19 bits per heavy atom. The lowest BCUT2D eigenvalue weighted by Crippen LogP contribution is -2.47. The van der Waals surface area contributed by atoms with Crippen molar-refractivity contribution in [3.05, 3.63) is 54.2 Å². The monoisotopic (exact) mass is 352 g/mol. The predicted molar refractivity (Wildman–Crippen MR) is 107 cm³/mol. The van der Waals surface area contributed by atoms with Crippen LogP contribution in [0.5, 0.6) is 0 Å². The lowest BCUT2D eigenvalue weighted by atomic mass is 10.0. The van der Waals surface area contributed by atoms with Gasteiger partial charge in [-0.2, -0.15) is 0 Å². The Labute approximate surface area is 156 Å². The number of hydrogen-bond donors (Lipinski definition) is 1. The first-order chi connectivity index (χ1) is 12.7. The fourth-order valence-corrected chi connectivity index (χ4v) is 3.49. The number of anilines is 2. The zero-order chi connectivity index (χ0) is 18.4. The smallest absolute Gasteiger partial charge is 0.253 e. The molecule has 1 unspecified atom stereocenters. The van der Waals surface area contributed by atoms with Crippen molar-refractivity contribution in [3.63, 3.8) is 0 Å². The van der Waals surface area contributed by atoms with Crippen molar-refractivity contribution in [2.24, 2.45) is 0 Å². The number of amides is 1. The highest BCUT2D eigenvalue weighted by Crippen LogP contribution is 2.20. The fourth-order valence-electron chi connectivity index (χ4n) is 3.49. The summed E-state index contributed by atoms with van der Waals surface area (Å²) in [6.45, 7) is 7.91. The van der Waals surface area contributed by atoms with Crippen molar-refractivity contribution in [1.29, 1.82) is 0 Å². The zero-order valence-electron chi connectivity index (χ0n) is 15.7. The van der Waals surface area contributed by atoms with Crippen LogP contribution in [0.1, 0.15) is 37.0 Å². The highest BCUT2D eigenvalue weighted by molar-refractivity contribution is 5.94. The summed E-state index contributed by atoms with van der Waals surface area (Å²) in [5, 5.41) is 3.18. The van der Waals surface area contributed by atoms with Crippen LogP contribution >= 0.6 is 0 Å². The summed E-state index contributed by atoms with van der Waals surface area (Å²) in [5.74, 6) is 0.878. The summed E-state index contributed by atoms with van der Waals surface area (Å²) in [5.41, 5.74) is 1.84. The van der Waals surface area contributed by atoms with Crippen LogP contribution in [-0.4, -0.2) is 43.1 Å². The number of nitrogens with zero attached hydrogens (tertiary/aromatic N) is 3. The summed E-state index contributed by atoms with van der Waals surface area (Å²) >= 11 is 0. The van der Waals surface area contributed by atoms with E-state index in [1.807, 2.05) is 18.2 Å². The molecule has 26 heavy (non-hydrogen) atoms. The third kappa shape index (κ3) is 4.34. The topological polar surface area (TPSA) is 48.5 Å². The fraction of sp³-hybridized carbons (Fsp3) is 0.429. The summed E-state index contributed by atoms with van der Waals surface area (Å²) < 4.78 is 0. The molecule has 3 rings (SSSR count). The second kappa shape index (κ2) is 8.70. The van der Waals surface area contributed by atoms with Gasteiger partial charge in [0.2, 0.25) is 0 Å². The molecule has 2 aromatic rings. The third-order valence-electron chi connectivity index (χ3n) is 4.98. The zero-order valence-corrected chi connectivity index (χ0v) is 15.7. The molecule has 0 spiro atoms. The first-order valence-corrected chi connectivity index (χ1v) is 9.53. The number of piperidine rings is 1. The predicted octanol–water partition coefficient (Wildman–Crippen LogP) is 3.33. The van der Waals surface area contributed by atoms with E-state index in [0.717, 1.165) is 44.8 Å². The molecule has 1 aromatic heterocycles. The first-order valence-electron chi connectivity index (χ1n) is 9.53. The van der Waals surface area contributed by atoms with Crippen LogP contribution in [0.2, 0.25) is 0 Å². The van der Waals surface area contributed by atoms with Crippen molar-refractivity contribution in [3.8, 4) is 0 Å². The van der Waals surface area contributed by atoms with E-state index in [1.165, 1.54) is 5.69 Å². The van der Waals surface area contributed by atoms with E-state index in [4.69, 9.17) is 0 Å². The van der Waals surface area contributed by atoms with Crippen molar-refractivity contribution in [1.82, 2.24) is 10.3 Å². The van der Waals surface area contributed by atoms with Gasteiger partial charge in [-0.05, 0) is 51.0 Å². The molecule has 1 aliphatic heterocycles. The summed E-state index contributed by atoms with van der Waals surface area (Å²) in [4.78, 5) is 21.6. The molecule has 1 saturated heterocycles. The van der Waals surface area contributed by atoms with Gasteiger partial charge in [0.25, 0.3) is 5.91 Å². The van der Waals surface area contributed by atoms with Crippen LogP contribution in [0.25, 0.3) is 0 Å². The van der Waals surface area contributed by atoms with Gasteiger partial charge in [0.05, 0.1) is 5.56 Å². The molecule has 1 fully saturated rings. The largest absolute Gasteiger partial charge is 0.369 e. The molecule has 1 aliphatic rings. The molecule has 2 heterocycles. The van der Waals surface area contributed by atoms with Gasteiger partial charge in [-0.15, -0.1) is 0 Å². The molecular weight excluding hydrogens is 324 g/mol. The quantitative estimate of drug-likeness (QED) is 0.866. The van der Waals surface area contributed by atoms with Gasteiger partial charge in [0.15, 0.2) is 0 Å². The minimum absolute atomic E-state index is 0.0384. The minimum Gasteiger partial charge on any atom is -0.369 e. The second-order valence-electron chi connectivity index (χ2n) is 6.67. The maximum atomic E-state index is 12.6. The van der Waals surface area contributed by atoms with Crippen LogP contribution in [0.4, 0.5) is 11.5 Å². The number of nitrogens with one attached hydrogen (secondary N) is 1. The molecule has 5 heteroatoms. The van der Waals surface area contributed by atoms with Crippen molar-refractivity contribution in [2.45, 2.75) is 32.7 Å². The number of benzene rings is 1. The maximum Gasteiger partial charge on any atom is 0.253 e. The highest BCUT2D eigenvalue weighted by Gasteiger charge is 2.22. The van der Waals surface area contributed by atoms with Crippen LogP contribution in [0, 0.1) is 0 Å². The molecule has 1 aromatic carbocycles. The van der Waals surface area contributed by atoms with Crippen LogP contribution in [-0.2, 0) is 0 Å². The van der Waals surface area contributed by atoms with Gasteiger partial charge in [-0.1, -0.05) is 18.2 Å².